The fourth-order valence-electron chi connectivity index (χ4n) is 4.65. The third-order valence-electron chi connectivity index (χ3n) is 6.45. The van der Waals surface area contributed by atoms with Crippen LogP contribution < -0.4 is 10.2 Å². The predicted molar refractivity (Wildman–Crippen MR) is 134 cm³/mol. The zero-order valence-corrected chi connectivity index (χ0v) is 20.4. The van der Waals surface area contributed by atoms with Crippen LogP contribution in [-0.4, -0.2) is 42.4 Å². The van der Waals surface area contributed by atoms with Crippen LogP contribution in [0.15, 0.2) is 42.5 Å². The number of benzene rings is 2. The second kappa shape index (κ2) is 9.59. The van der Waals surface area contributed by atoms with Crippen molar-refractivity contribution in [3.8, 4) is 0 Å². The van der Waals surface area contributed by atoms with Crippen LogP contribution in [0.5, 0.6) is 0 Å². The highest BCUT2D eigenvalue weighted by atomic mass is 127. The molecule has 2 aromatic carbocycles. The molecule has 1 saturated heterocycles. The lowest BCUT2D eigenvalue weighted by atomic mass is 9.95. The predicted octanol–water partition coefficient (Wildman–Crippen LogP) is 4.88. The number of likely N-dealkylation sites (tertiary alicyclic amines) is 1. The second-order valence-corrected chi connectivity index (χ2v) is 9.49. The van der Waals surface area contributed by atoms with E-state index in [2.05, 4.69) is 58.8 Å². The number of halogens is 1. The van der Waals surface area contributed by atoms with Crippen LogP contribution in [0, 0.1) is 5.92 Å². The van der Waals surface area contributed by atoms with E-state index in [1.54, 1.807) is 0 Å². The van der Waals surface area contributed by atoms with E-state index in [-0.39, 0.29) is 17.7 Å². The monoisotopic (exact) mass is 531 g/mol. The molecule has 0 unspecified atom stereocenters. The minimum absolute atomic E-state index is 0.0516. The van der Waals surface area contributed by atoms with Crippen molar-refractivity contribution in [2.75, 3.05) is 29.9 Å². The fraction of sp³-hybridized carbons (Fsp3) is 0.440. The molecule has 164 valence electrons. The summed E-state index contributed by atoms with van der Waals surface area (Å²) in [6.45, 7) is 6.71. The third kappa shape index (κ3) is 4.73. The number of nitrogens with zero attached hydrogens (tertiary/aromatic N) is 2. The Morgan fingerprint density at radius 3 is 2.55 bits per heavy atom. The number of nitrogens with one attached hydrogen (secondary N) is 1. The van der Waals surface area contributed by atoms with Crippen molar-refractivity contribution in [1.82, 2.24) is 4.90 Å². The van der Waals surface area contributed by atoms with E-state index in [0.29, 0.717) is 32.0 Å². The van der Waals surface area contributed by atoms with Gasteiger partial charge in [-0.25, -0.2) is 0 Å². The number of amides is 2. The Labute approximate surface area is 198 Å². The van der Waals surface area contributed by atoms with Gasteiger partial charge in [0.25, 0.3) is 5.91 Å². The molecule has 2 amide bonds. The number of fused-ring (bicyclic) bond motifs is 1. The highest BCUT2D eigenvalue weighted by Gasteiger charge is 2.29. The molecule has 0 spiro atoms. The minimum atomic E-state index is -0.0516. The van der Waals surface area contributed by atoms with Crippen LogP contribution in [0.3, 0.4) is 0 Å². The Hall–Kier alpha value is -2.09. The van der Waals surface area contributed by atoms with E-state index in [0.717, 1.165) is 34.2 Å². The fourth-order valence-corrected chi connectivity index (χ4v) is 5.31. The molecule has 0 atom stereocenters. The molecular weight excluding hydrogens is 501 g/mol. The van der Waals surface area contributed by atoms with Crippen molar-refractivity contribution in [3.05, 3.63) is 59.2 Å². The average molecular weight is 531 g/mol. The van der Waals surface area contributed by atoms with Gasteiger partial charge in [-0.2, -0.15) is 0 Å². The molecule has 0 aliphatic carbocycles. The maximum atomic E-state index is 12.9. The molecule has 0 radical (unpaired) electrons. The van der Waals surface area contributed by atoms with E-state index in [4.69, 9.17) is 0 Å². The number of carbonyl (C=O) groups is 2. The van der Waals surface area contributed by atoms with Crippen molar-refractivity contribution < 1.29 is 9.59 Å². The van der Waals surface area contributed by atoms with E-state index in [1.165, 1.54) is 11.3 Å². The summed E-state index contributed by atoms with van der Waals surface area (Å²) < 4.78 is 0.814. The van der Waals surface area contributed by atoms with Crippen molar-refractivity contribution in [2.45, 2.75) is 43.6 Å². The smallest absolute Gasteiger partial charge is 0.254 e. The quantitative estimate of drug-likeness (QED) is 0.442. The van der Waals surface area contributed by atoms with Crippen LogP contribution in [0.4, 0.5) is 11.4 Å². The van der Waals surface area contributed by atoms with Gasteiger partial charge in [-0.05, 0) is 68.5 Å². The van der Waals surface area contributed by atoms with Crippen LogP contribution in [0.25, 0.3) is 0 Å². The lowest BCUT2D eigenvalue weighted by Crippen LogP contribution is -2.41. The third-order valence-corrected chi connectivity index (χ3v) is 7.27. The van der Waals surface area contributed by atoms with Gasteiger partial charge in [0, 0.05) is 53.0 Å². The first-order valence-electron chi connectivity index (χ1n) is 11.1. The standard InChI is InChI=1S/C25H30IN3O2/c1-17(2)29-14-11-19-15-21(7-8-23(19)29)27-24(30)18-9-12-28(13-10-18)25(31)22-6-4-3-5-20(22)16-26/h3-8,15,17-18H,9-14,16H2,1-2H3,(H,27,30). The molecule has 2 aliphatic heterocycles. The largest absolute Gasteiger partial charge is 0.369 e. The average Bonchev–Trinajstić information content (AvgIpc) is 3.22. The first-order chi connectivity index (χ1) is 15.0. The zero-order chi connectivity index (χ0) is 22.0. The van der Waals surface area contributed by atoms with Gasteiger partial charge in [0.1, 0.15) is 0 Å². The summed E-state index contributed by atoms with van der Waals surface area (Å²) in [5, 5.41) is 3.12. The molecule has 2 aromatic rings. The molecule has 31 heavy (non-hydrogen) atoms. The highest BCUT2D eigenvalue weighted by Crippen LogP contribution is 2.32. The lowest BCUT2D eigenvalue weighted by Gasteiger charge is -2.32. The summed E-state index contributed by atoms with van der Waals surface area (Å²) in [5.74, 6) is 0.0992. The Bertz CT molecular complexity index is 967. The Morgan fingerprint density at radius 2 is 1.84 bits per heavy atom. The molecule has 0 aromatic heterocycles. The number of carbonyl (C=O) groups excluding carboxylic acids is 2. The number of piperidine rings is 1. The number of alkyl halides is 1. The van der Waals surface area contributed by atoms with Crippen LogP contribution >= 0.6 is 22.6 Å². The Balaban J connectivity index is 1.34. The molecule has 1 fully saturated rings. The van der Waals surface area contributed by atoms with Gasteiger partial charge < -0.3 is 15.1 Å². The summed E-state index contributed by atoms with van der Waals surface area (Å²) in [6.07, 6.45) is 2.43. The van der Waals surface area contributed by atoms with Gasteiger partial charge in [-0.15, -0.1) is 0 Å². The number of rotatable bonds is 5. The number of hydrogen-bond acceptors (Lipinski definition) is 3. The summed E-state index contributed by atoms with van der Waals surface area (Å²) in [4.78, 5) is 30.1. The molecule has 5 nitrogen and oxygen atoms in total. The van der Waals surface area contributed by atoms with Crippen molar-refractivity contribution in [3.63, 3.8) is 0 Å². The highest BCUT2D eigenvalue weighted by molar-refractivity contribution is 14.1. The second-order valence-electron chi connectivity index (χ2n) is 8.73. The number of anilines is 2. The SMILES string of the molecule is CC(C)N1CCc2cc(NC(=O)C3CCN(C(=O)c4ccccc4CI)CC3)ccc21. The molecular formula is C25H30IN3O2. The molecule has 2 heterocycles. The van der Waals surface area contributed by atoms with E-state index in [1.807, 2.05) is 35.2 Å². The first-order valence-corrected chi connectivity index (χ1v) is 12.6. The van der Waals surface area contributed by atoms with Crippen molar-refractivity contribution >= 4 is 45.8 Å². The van der Waals surface area contributed by atoms with Gasteiger partial charge in [0.2, 0.25) is 5.91 Å². The molecule has 0 bridgehead atoms. The van der Waals surface area contributed by atoms with Gasteiger partial charge in [-0.1, -0.05) is 40.8 Å². The summed E-state index contributed by atoms with van der Waals surface area (Å²) in [6, 6.07) is 14.6. The minimum Gasteiger partial charge on any atom is -0.369 e. The Morgan fingerprint density at radius 1 is 1.10 bits per heavy atom. The molecule has 4 rings (SSSR count). The molecule has 0 saturated carbocycles. The topological polar surface area (TPSA) is 52.7 Å². The van der Waals surface area contributed by atoms with E-state index < -0.39 is 0 Å². The summed E-state index contributed by atoms with van der Waals surface area (Å²) >= 11 is 2.29. The van der Waals surface area contributed by atoms with Crippen LogP contribution in [-0.2, 0) is 15.6 Å². The first kappa shape index (κ1) is 22.1. The number of hydrogen-bond donors (Lipinski definition) is 1. The van der Waals surface area contributed by atoms with Crippen molar-refractivity contribution in [2.24, 2.45) is 5.92 Å². The van der Waals surface area contributed by atoms with Crippen LogP contribution in [0.1, 0.15) is 48.2 Å². The van der Waals surface area contributed by atoms with Gasteiger partial charge >= 0.3 is 0 Å². The van der Waals surface area contributed by atoms with E-state index >= 15 is 0 Å². The zero-order valence-electron chi connectivity index (χ0n) is 18.2. The van der Waals surface area contributed by atoms with Gasteiger partial charge in [0.05, 0.1) is 0 Å². The normalized spacial score (nSPS) is 16.5. The molecule has 2 aliphatic rings. The van der Waals surface area contributed by atoms with Crippen molar-refractivity contribution in [1.29, 1.82) is 0 Å². The maximum absolute atomic E-state index is 12.9. The van der Waals surface area contributed by atoms with E-state index in [9.17, 15) is 9.59 Å². The lowest BCUT2D eigenvalue weighted by molar-refractivity contribution is -0.121. The van der Waals surface area contributed by atoms with Crippen LogP contribution in [0.2, 0.25) is 0 Å². The molecule has 6 heteroatoms. The Kier molecular flexibility index (Phi) is 6.84. The van der Waals surface area contributed by atoms with Gasteiger partial charge in [-0.3, -0.25) is 9.59 Å². The van der Waals surface area contributed by atoms with Gasteiger partial charge in [0.15, 0.2) is 0 Å². The maximum Gasteiger partial charge on any atom is 0.254 e. The molecule has 1 N–H and O–H groups in total. The summed E-state index contributed by atoms with van der Waals surface area (Å²) in [5.41, 5.74) is 5.32. The summed E-state index contributed by atoms with van der Waals surface area (Å²) in [7, 11) is 0.